The zero-order chi connectivity index (χ0) is 15.8. The van der Waals surface area contributed by atoms with Gasteiger partial charge in [-0.25, -0.2) is 8.78 Å². The Balaban J connectivity index is 2.52. The van der Waals surface area contributed by atoms with Crippen LogP contribution in [0.2, 0.25) is 5.02 Å². The second-order valence-electron chi connectivity index (χ2n) is 4.12. The number of carbonyl (C=O) groups excluding carboxylic acids is 1. The van der Waals surface area contributed by atoms with Gasteiger partial charge in [-0.05, 0) is 30.3 Å². The van der Waals surface area contributed by atoms with Crippen LogP contribution in [0.3, 0.4) is 0 Å². The van der Waals surface area contributed by atoms with Gasteiger partial charge in [-0.3, -0.25) is 4.79 Å². The molecule has 0 fully saturated rings. The number of ketones is 1. The number of halogens is 6. The summed E-state index contributed by atoms with van der Waals surface area (Å²) in [5, 5.41) is -0.334. The summed E-state index contributed by atoms with van der Waals surface area (Å²) in [6.07, 6.45) is -4.95. The molecule has 0 aliphatic carbocycles. The summed E-state index contributed by atoms with van der Waals surface area (Å²) in [4.78, 5) is 12.0. The molecule has 1 nitrogen and oxygen atoms in total. The van der Waals surface area contributed by atoms with Gasteiger partial charge in [-0.1, -0.05) is 17.7 Å². The van der Waals surface area contributed by atoms with Gasteiger partial charge in [-0.15, -0.1) is 0 Å². The van der Waals surface area contributed by atoms with Crippen molar-refractivity contribution >= 4 is 17.4 Å². The molecule has 0 saturated carbocycles. The molecule has 2 rings (SSSR count). The van der Waals surface area contributed by atoms with E-state index in [1.54, 1.807) is 0 Å². The van der Waals surface area contributed by atoms with Gasteiger partial charge < -0.3 is 0 Å². The lowest BCUT2D eigenvalue weighted by Crippen LogP contribution is -2.11. The smallest absolute Gasteiger partial charge is 0.288 e. The predicted molar refractivity (Wildman–Crippen MR) is 66.2 cm³/mol. The second kappa shape index (κ2) is 5.44. The lowest BCUT2D eigenvalue weighted by atomic mass is 10.0. The molecule has 0 aromatic heterocycles. The lowest BCUT2D eigenvalue weighted by Gasteiger charge is -2.10. The molecule has 0 bridgehead atoms. The van der Waals surface area contributed by atoms with Crippen molar-refractivity contribution in [3.63, 3.8) is 0 Å². The normalized spacial score (nSPS) is 11.5. The van der Waals surface area contributed by atoms with Crippen LogP contribution in [0, 0.1) is 11.6 Å². The minimum Gasteiger partial charge on any atom is -0.288 e. The number of alkyl halides is 3. The lowest BCUT2D eigenvalue weighted by molar-refractivity contribution is -0.140. The largest absolute Gasteiger partial charge is 0.419 e. The van der Waals surface area contributed by atoms with E-state index in [-0.39, 0.29) is 5.02 Å². The summed E-state index contributed by atoms with van der Waals surface area (Å²) in [5.74, 6) is -3.56. The van der Waals surface area contributed by atoms with Crippen LogP contribution in [0.15, 0.2) is 36.4 Å². The number of rotatable bonds is 2. The van der Waals surface area contributed by atoms with Gasteiger partial charge >= 0.3 is 6.18 Å². The van der Waals surface area contributed by atoms with Gasteiger partial charge in [0.15, 0.2) is 11.6 Å². The van der Waals surface area contributed by atoms with E-state index in [4.69, 9.17) is 11.6 Å². The Morgan fingerprint density at radius 3 is 2.33 bits per heavy atom. The Morgan fingerprint density at radius 1 is 1.05 bits per heavy atom. The first kappa shape index (κ1) is 15.4. The molecule has 0 aliphatic rings. The molecule has 0 amide bonds. The Bertz CT molecular complexity index is 709. The molecule has 7 heteroatoms. The topological polar surface area (TPSA) is 17.1 Å². The van der Waals surface area contributed by atoms with E-state index in [1.165, 1.54) is 12.1 Å². The zero-order valence-electron chi connectivity index (χ0n) is 10.1. The van der Waals surface area contributed by atoms with Crippen molar-refractivity contribution in [1.82, 2.24) is 0 Å². The van der Waals surface area contributed by atoms with Crippen molar-refractivity contribution in [2.24, 2.45) is 0 Å². The maximum absolute atomic E-state index is 13.7. The summed E-state index contributed by atoms with van der Waals surface area (Å²) >= 11 is 5.51. The van der Waals surface area contributed by atoms with E-state index >= 15 is 0 Å². The quantitative estimate of drug-likeness (QED) is 0.570. The van der Waals surface area contributed by atoms with Crippen molar-refractivity contribution in [3.05, 3.63) is 69.7 Å². The summed E-state index contributed by atoms with van der Waals surface area (Å²) in [6.45, 7) is 0. The van der Waals surface area contributed by atoms with Crippen LogP contribution in [0.25, 0.3) is 0 Å². The van der Waals surface area contributed by atoms with Crippen LogP contribution in [0.4, 0.5) is 22.0 Å². The van der Waals surface area contributed by atoms with E-state index in [2.05, 4.69) is 0 Å². The Kier molecular flexibility index (Phi) is 4.00. The zero-order valence-corrected chi connectivity index (χ0v) is 10.9. The molecule has 0 heterocycles. The highest BCUT2D eigenvalue weighted by molar-refractivity contribution is 6.31. The minimum absolute atomic E-state index is 0.334. The highest BCUT2D eigenvalue weighted by Gasteiger charge is 2.34. The minimum atomic E-state index is -4.95. The molecule has 0 aliphatic heterocycles. The fourth-order valence-corrected chi connectivity index (χ4v) is 1.89. The van der Waals surface area contributed by atoms with Gasteiger partial charge in [0.1, 0.15) is 5.82 Å². The molecule has 0 atom stereocenters. The number of hydrogen-bond donors (Lipinski definition) is 0. The average molecular weight is 321 g/mol. The molecular weight excluding hydrogens is 315 g/mol. The molecule has 0 unspecified atom stereocenters. The maximum atomic E-state index is 13.7. The highest BCUT2D eigenvalue weighted by atomic mass is 35.5. The van der Waals surface area contributed by atoms with Crippen molar-refractivity contribution < 1.29 is 26.7 Å². The number of carbonyl (C=O) groups is 1. The van der Waals surface area contributed by atoms with E-state index in [0.717, 1.165) is 12.1 Å². The first-order valence-corrected chi connectivity index (χ1v) is 5.95. The Hall–Kier alpha value is -1.95. The molecule has 2 aromatic carbocycles. The summed E-state index contributed by atoms with van der Waals surface area (Å²) in [5.41, 5.74) is -2.55. The van der Waals surface area contributed by atoms with Crippen LogP contribution in [0.1, 0.15) is 21.5 Å². The third-order valence-corrected chi connectivity index (χ3v) is 3.02. The van der Waals surface area contributed by atoms with E-state index in [0.29, 0.717) is 12.1 Å². The Morgan fingerprint density at radius 2 is 1.71 bits per heavy atom. The summed E-state index contributed by atoms with van der Waals surface area (Å²) < 4.78 is 64.6. The number of hydrogen-bond acceptors (Lipinski definition) is 1. The first-order chi connectivity index (χ1) is 9.71. The van der Waals surface area contributed by atoms with E-state index < -0.39 is 40.3 Å². The van der Waals surface area contributed by atoms with E-state index in [1.807, 2.05) is 0 Å². The van der Waals surface area contributed by atoms with Gasteiger partial charge in [0.05, 0.1) is 16.1 Å². The van der Waals surface area contributed by atoms with E-state index in [9.17, 15) is 26.7 Å². The van der Waals surface area contributed by atoms with Crippen LogP contribution in [0.5, 0.6) is 0 Å². The molecule has 21 heavy (non-hydrogen) atoms. The third kappa shape index (κ3) is 3.05. The number of benzene rings is 2. The van der Waals surface area contributed by atoms with Crippen molar-refractivity contribution in [1.29, 1.82) is 0 Å². The van der Waals surface area contributed by atoms with Gasteiger partial charge in [-0.2, -0.15) is 13.2 Å². The SMILES string of the molecule is O=C(c1ccc(F)c(C(F)(F)F)c1)c1cccc(Cl)c1F. The van der Waals surface area contributed by atoms with Crippen LogP contribution >= 0.6 is 11.6 Å². The first-order valence-electron chi connectivity index (χ1n) is 5.57. The molecular formula is C14H6ClF5O. The fourth-order valence-electron chi connectivity index (χ4n) is 1.72. The molecule has 0 saturated heterocycles. The predicted octanol–water partition coefficient (Wildman–Crippen LogP) is 4.87. The highest BCUT2D eigenvalue weighted by Crippen LogP contribution is 2.32. The van der Waals surface area contributed by atoms with Crippen molar-refractivity contribution in [3.8, 4) is 0 Å². The van der Waals surface area contributed by atoms with Crippen molar-refractivity contribution in [2.75, 3.05) is 0 Å². The third-order valence-electron chi connectivity index (χ3n) is 2.73. The van der Waals surface area contributed by atoms with Gasteiger partial charge in [0.2, 0.25) is 0 Å². The summed E-state index contributed by atoms with van der Waals surface area (Å²) in [6, 6.07) is 5.27. The maximum Gasteiger partial charge on any atom is 0.419 e. The molecule has 110 valence electrons. The molecule has 0 N–H and O–H groups in total. The van der Waals surface area contributed by atoms with Gasteiger partial charge in [0.25, 0.3) is 0 Å². The van der Waals surface area contributed by atoms with Crippen LogP contribution in [-0.4, -0.2) is 5.78 Å². The average Bonchev–Trinajstić information content (AvgIpc) is 2.40. The standard InChI is InChI=1S/C14H6ClF5O/c15-10-3-1-2-8(12(10)17)13(21)7-4-5-11(16)9(6-7)14(18,19)20/h1-6H. The fraction of sp³-hybridized carbons (Fsp3) is 0.0714. The van der Waals surface area contributed by atoms with Crippen LogP contribution in [-0.2, 0) is 6.18 Å². The van der Waals surface area contributed by atoms with Crippen LogP contribution < -0.4 is 0 Å². The second-order valence-corrected chi connectivity index (χ2v) is 4.53. The molecule has 2 aromatic rings. The molecule has 0 spiro atoms. The van der Waals surface area contributed by atoms with Crippen molar-refractivity contribution in [2.45, 2.75) is 6.18 Å². The van der Waals surface area contributed by atoms with Gasteiger partial charge in [0, 0.05) is 5.56 Å². The molecule has 0 radical (unpaired) electrons. The Labute approximate surface area is 121 Å². The monoisotopic (exact) mass is 320 g/mol. The summed E-state index contributed by atoms with van der Waals surface area (Å²) in [7, 11) is 0.